The summed E-state index contributed by atoms with van der Waals surface area (Å²) >= 11 is 25.5. The van der Waals surface area contributed by atoms with E-state index in [1.54, 1.807) is 12.1 Å². The molecular weight excluding hydrogens is 818 g/mol. The van der Waals surface area contributed by atoms with E-state index in [1.165, 1.54) is 22.3 Å². The molecule has 0 amide bonds. The highest BCUT2D eigenvalue weighted by atomic mass is 35.5. The molecule has 0 saturated carbocycles. The number of phenolic OH excluding ortho intramolecular Hbond substituents is 1. The number of ether oxygens (including phenoxy) is 1. The van der Waals surface area contributed by atoms with E-state index >= 15 is 0 Å². The first-order valence-corrected chi connectivity index (χ1v) is 21.6. The van der Waals surface area contributed by atoms with Crippen LogP contribution in [0.4, 0.5) is 11.4 Å². The van der Waals surface area contributed by atoms with Crippen LogP contribution in [0.5, 0.6) is 11.5 Å². The molecule has 2 heterocycles. The summed E-state index contributed by atoms with van der Waals surface area (Å²) < 4.78 is 5.82. The highest BCUT2D eigenvalue weighted by molar-refractivity contribution is 6.34. The molecule has 2 atom stereocenters. The minimum atomic E-state index is 0.116. The van der Waals surface area contributed by atoms with Gasteiger partial charge in [0.25, 0.3) is 0 Å². The van der Waals surface area contributed by atoms with Gasteiger partial charge in [-0.05, 0) is 84.6 Å². The molecule has 8 rings (SSSR count). The first kappa shape index (κ1) is 42.7. The predicted octanol–water partition coefficient (Wildman–Crippen LogP) is 12.6. The molecule has 6 aromatic rings. The molecule has 0 aliphatic carbocycles. The third kappa shape index (κ3) is 11.5. The Morgan fingerprint density at radius 2 is 0.983 bits per heavy atom. The van der Waals surface area contributed by atoms with E-state index in [2.05, 4.69) is 105 Å². The molecule has 0 radical (unpaired) electrons. The maximum Gasteiger partial charge on any atom is 0.121 e. The number of rotatable bonds is 10. The molecular formula is C49H50Cl4N4O2. The predicted molar refractivity (Wildman–Crippen MR) is 247 cm³/mol. The molecule has 2 fully saturated rings. The molecule has 0 aromatic heterocycles. The van der Waals surface area contributed by atoms with Gasteiger partial charge >= 0.3 is 0 Å². The molecule has 2 saturated heterocycles. The topological polar surface area (TPSA) is 42.4 Å². The Morgan fingerprint density at radius 3 is 1.41 bits per heavy atom. The molecule has 306 valence electrons. The van der Waals surface area contributed by atoms with Crippen molar-refractivity contribution in [3.63, 3.8) is 0 Å². The standard InChI is InChI=1S/C26H28Cl2N2O.C23H22Cl2N2O/c1-19(2)31-23-12-13-25(24(28)16-23)30-15-14-29(17-20-6-4-3-5-7-20)18-26(30)21-8-10-22(27)11-9-21;24-19-8-6-18(7-9-19)23-16-26(15-17-4-2-1-3-5-17)12-13-27(23)22-11-10-20(28)14-21(22)25/h3-13,16,19,26H,14-15,17-18H2,1-2H3;1-11,14,23,28H,12-13,15-16H2/t26-;23-/m00/s1. The van der Waals surface area contributed by atoms with Crippen molar-refractivity contribution in [3.8, 4) is 11.5 Å². The maximum absolute atomic E-state index is 9.73. The first-order chi connectivity index (χ1) is 28.6. The number of aromatic hydroxyl groups is 1. The van der Waals surface area contributed by atoms with Gasteiger partial charge in [0.1, 0.15) is 11.5 Å². The van der Waals surface area contributed by atoms with E-state index in [0.29, 0.717) is 10.0 Å². The molecule has 59 heavy (non-hydrogen) atoms. The van der Waals surface area contributed by atoms with Crippen molar-refractivity contribution in [2.75, 3.05) is 49.1 Å². The van der Waals surface area contributed by atoms with Gasteiger partial charge in [-0.1, -0.05) is 131 Å². The summed E-state index contributed by atoms with van der Waals surface area (Å²) in [5.74, 6) is 0.981. The number of halogens is 4. The number of anilines is 2. The molecule has 2 aliphatic rings. The van der Waals surface area contributed by atoms with Gasteiger partial charge in [0.05, 0.1) is 39.6 Å². The molecule has 2 aliphatic heterocycles. The largest absolute Gasteiger partial charge is 0.508 e. The molecule has 6 aromatic carbocycles. The second kappa shape index (κ2) is 20.2. The monoisotopic (exact) mass is 866 g/mol. The van der Waals surface area contributed by atoms with E-state index in [1.807, 2.05) is 62.4 Å². The number of hydrogen-bond acceptors (Lipinski definition) is 6. The zero-order valence-electron chi connectivity index (χ0n) is 33.4. The fourth-order valence-electron chi connectivity index (χ4n) is 7.96. The molecule has 0 unspecified atom stereocenters. The highest BCUT2D eigenvalue weighted by Crippen LogP contribution is 2.39. The molecule has 1 N–H and O–H groups in total. The number of phenols is 1. The molecule has 6 nitrogen and oxygen atoms in total. The highest BCUT2D eigenvalue weighted by Gasteiger charge is 2.31. The van der Waals surface area contributed by atoms with Crippen LogP contribution < -0.4 is 14.5 Å². The van der Waals surface area contributed by atoms with Gasteiger partial charge < -0.3 is 19.6 Å². The van der Waals surface area contributed by atoms with Crippen molar-refractivity contribution in [1.29, 1.82) is 0 Å². The Morgan fingerprint density at radius 1 is 0.542 bits per heavy atom. The minimum absolute atomic E-state index is 0.116. The second-order valence-electron chi connectivity index (χ2n) is 15.4. The van der Waals surface area contributed by atoms with Gasteiger partial charge in [0, 0.05) is 74.5 Å². The van der Waals surface area contributed by atoms with E-state index in [9.17, 15) is 5.11 Å². The maximum atomic E-state index is 9.73. The smallest absolute Gasteiger partial charge is 0.121 e. The van der Waals surface area contributed by atoms with Crippen LogP contribution in [0.15, 0.2) is 146 Å². The van der Waals surface area contributed by atoms with Crippen LogP contribution in [0.1, 0.15) is 48.2 Å². The summed E-state index contributed by atoms with van der Waals surface area (Å²) in [5.41, 5.74) is 7.07. The molecule has 0 bridgehead atoms. The van der Waals surface area contributed by atoms with Crippen LogP contribution in [-0.2, 0) is 13.1 Å². The van der Waals surface area contributed by atoms with Crippen LogP contribution in [-0.4, -0.2) is 60.3 Å². The summed E-state index contributed by atoms with van der Waals surface area (Å²) in [7, 11) is 0. The third-order valence-corrected chi connectivity index (χ3v) is 11.9. The fourth-order valence-corrected chi connectivity index (χ4v) is 8.78. The van der Waals surface area contributed by atoms with Gasteiger partial charge in [-0.3, -0.25) is 9.80 Å². The summed E-state index contributed by atoms with van der Waals surface area (Å²) in [6.07, 6.45) is 0.116. The van der Waals surface area contributed by atoms with Gasteiger partial charge in [-0.25, -0.2) is 0 Å². The Bertz CT molecular complexity index is 2240. The Kier molecular flexibility index (Phi) is 14.7. The summed E-state index contributed by atoms with van der Waals surface area (Å²) in [6.45, 7) is 11.3. The van der Waals surface area contributed by atoms with Crippen molar-refractivity contribution in [2.24, 2.45) is 0 Å². The number of benzene rings is 6. The van der Waals surface area contributed by atoms with Crippen LogP contribution in [0.25, 0.3) is 0 Å². The lowest BCUT2D eigenvalue weighted by molar-refractivity contribution is 0.215. The van der Waals surface area contributed by atoms with Crippen LogP contribution in [0.3, 0.4) is 0 Å². The van der Waals surface area contributed by atoms with Crippen LogP contribution in [0.2, 0.25) is 20.1 Å². The van der Waals surface area contributed by atoms with E-state index < -0.39 is 0 Å². The first-order valence-electron chi connectivity index (χ1n) is 20.1. The third-order valence-electron chi connectivity index (χ3n) is 10.8. The normalized spacial score (nSPS) is 17.4. The lowest BCUT2D eigenvalue weighted by Gasteiger charge is -2.43. The summed E-state index contributed by atoms with van der Waals surface area (Å²) in [5, 5.41) is 12.5. The number of nitrogens with zero attached hydrogens (tertiary/aromatic N) is 4. The minimum Gasteiger partial charge on any atom is -0.508 e. The average Bonchev–Trinajstić information content (AvgIpc) is 3.23. The lowest BCUT2D eigenvalue weighted by Crippen LogP contribution is -2.48. The van der Waals surface area contributed by atoms with Crippen molar-refractivity contribution in [3.05, 3.63) is 188 Å². The van der Waals surface area contributed by atoms with Crippen molar-refractivity contribution >= 4 is 57.8 Å². The SMILES string of the molecule is CC(C)Oc1ccc(N2CCN(Cc3ccccc3)C[C@H]2c2ccc(Cl)cc2)c(Cl)c1.Oc1ccc(N2CCN(Cc3ccccc3)C[C@H]2c2ccc(Cl)cc2)c(Cl)c1. The van der Waals surface area contributed by atoms with Crippen LogP contribution in [0, 0.1) is 0 Å². The zero-order chi connectivity index (χ0) is 41.3. The lowest BCUT2D eigenvalue weighted by atomic mass is 10.0. The quantitative estimate of drug-likeness (QED) is 0.148. The Balaban J connectivity index is 0.000000180. The number of hydrogen-bond donors (Lipinski definition) is 1. The van der Waals surface area contributed by atoms with Crippen LogP contribution >= 0.6 is 46.4 Å². The molecule has 0 spiro atoms. The van der Waals surface area contributed by atoms with Crippen molar-refractivity contribution < 1.29 is 9.84 Å². The van der Waals surface area contributed by atoms with E-state index in [-0.39, 0.29) is 23.9 Å². The van der Waals surface area contributed by atoms with Gasteiger partial charge in [-0.2, -0.15) is 0 Å². The average molecular weight is 869 g/mol. The van der Waals surface area contributed by atoms with Gasteiger partial charge in [0.15, 0.2) is 0 Å². The van der Waals surface area contributed by atoms with Gasteiger partial charge in [-0.15, -0.1) is 0 Å². The Hall–Kier alpha value is -4.40. The zero-order valence-corrected chi connectivity index (χ0v) is 36.4. The summed E-state index contributed by atoms with van der Waals surface area (Å²) in [6, 6.07) is 48.9. The number of piperazine rings is 2. The molecule has 10 heteroatoms. The van der Waals surface area contributed by atoms with Crippen molar-refractivity contribution in [1.82, 2.24) is 9.80 Å². The van der Waals surface area contributed by atoms with E-state index in [4.69, 9.17) is 51.1 Å². The summed E-state index contributed by atoms with van der Waals surface area (Å²) in [4.78, 5) is 9.72. The fraction of sp³-hybridized carbons (Fsp3) is 0.265. The van der Waals surface area contributed by atoms with Crippen molar-refractivity contribution in [2.45, 2.75) is 45.1 Å². The Labute approximate surface area is 369 Å². The second-order valence-corrected chi connectivity index (χ2v) is 17.1. The van der Waals surface area contributed by atoms with E-state index in [0.717, 1.165) is 79.5 Å². The van der Waals surface area contributed by atoms with Gasteiger partial charge in [0.2, 0.25) is 0 Å².